The van der Waals surface area contributed by atoms with E-state index < -0.39 is 0 Å². The lowest BCUT2D eigenvalue weighted by Crippen LogP contribution is -2.11. The summed E-state index contributed by atoms with van der Waals surface area (Å²) in [5, 5.41) is 0. The van der Waals surface area contributed by atoms with Gasteiger partial charge in [0.15, 0.2) is 5.78 Å². The molecule has 0 aliphatic heterocycles. The van der Waals surface area contributed by atoms with E-state index in [-0.39, 0.29) is 11.7 Å². The van der Waals surface area contributed by atoms with E-state index in [0.29, 0.717) is 5.69 Å². The predicted molar refractivity (Wildman–Crippen MR) is 59.3 cm³/mol. The second-order valence-electron chi connectivity index (χ2n) is 3.68. The first kappa shape index (κ1) is 10.8. The largest absolute Gasteiger partial charge is 0.399 e. The molecule has 0 fully saturated rings. The van der Waals surface area contributed by atoms with Gasteiger partial charge in [-0.05, 0) is 18.6 Å². The summed E-state index contributed by atoms with van der Waals surface area (Å²) in [4.78, 5) is 11.8. The summed E-state index contributed by atoms with van der Waals surface area (Å²) >= 11 is 0. The minimum absolute atomic E-state index is 0.0989. The molecule has 0 saturated heterocycles. The lowest BCUT2D eigenvalue weighted by Gasteiger charge is -2.08. The molecule has 0 spiro atoms. The highest BCUT2D eigenvalue weighted by Crippen LogP contribution is 2.15. The first-order valence-corrected chi connectivity index (χ1v) is 5.05. The minimum atomic E-state index is 0.0989. The number of nitrogens with two attached hydrogens (primary N) is 1. The number of hydrogen-bond acceptors (Lipinski definition) is 2. The van der Waals surface area contributed by atoms with Crippen LogP contribution in [0.4, 0.5) is 5.69 Å². The van der Waals surface area contributed by atoms with E-state index in [1.165, 1.54) is 0 Å². The number of carbonyl (C=O) groups is 1. The molecule has 2 N–H and O–H groups in total. The Labute approximate surface area is 85.1 Å². The number of rotatable bonds is 4. The van der Waals surface area contributed by atoms with Crippen molar-refractivity contribution in [3.8, 4) is 0 Å². The Hall–Kier alpha value is -1.31. The number of ketones is 1. The summed E-state index contributed by atoms with van der Waals surface area (Å²) in [7, 11) is 0. The molecule has 0 aromatic heterocycles. The number of carbonyl (C=O) groups excluding carboxylic acids is 1. The van der Waals surface area contributed by atoms with Crippen LogP contribution in [0.1, 0.15) is 37.0 Å². The molecule has 0 saturated carbocycles. The number of benzene rings is 1. The van der Waals surface area contributed by atoms with Crippen LogP contribution in [0.15, 0.2) is 24.3 Å². The van der Waals surface area contributed by atoms with Crippen LogP contribution < -0.4 is 5.73 Å². The number of nitrogen functional groups attached to an aromatic ring is 1. The maximum Gasteiger partial charge on any atom is 0.165 e. The highest BCUT2D eigenvalue weighted by atomic mass is 16.1. The number of hydrogen-bond donors (Lipinski definition) is 1. The molecule has 0 bridgehead atoms. The molecule has 2 heteroatoms. The molecule has 0 heterocycles. The second-order valence-corrected chi connectivity index (χ2v) is 3.68. The smallest absolute Gasteiger partial charge is 0.165 e. The fraction of sp³-hybridized carbons (Fsp3) is 0.417. The Kier molecular flexibility index (Phi) is 3.69. The molecule has 76 valence electrons. The first-order valence-electron chi connectivity index (χ1n) is 5.05. The summed E-state index contributed by atoms with van der Waals surface area (Å²) in [5.41, 5.74) is 7.00. The van der Waals surface area contributed by atoms with Crippen LogP contribution in [0.2, 0.25) is 0 Å². The third kappa shape index (κ3) is 2.59. The Morgan fingerprint density at radius 2 is 2.21 bits per heavy atom. The van der Waals surface area contributed by atoms with Crippen molar-refractivity contribution in [3.63, 3.8) is 0 Å². The van der Waals surface area contributed by atoms with E-state index in [9.17, 15) is 4.79 Å². The van der Waals surface area contributed by atoms with Gasteiger partial charge >= 0.3 is 0 Å². The number of anilines is 1. The molecule has 1 unspecified atom stereocenters. The molecule has 2 nitrogen and oxygen atoms in total. The van der Waals surface area contributed by atoms with E-state index in [2.05, 4.69) is 6.92 Å². The third-order valence-electron chi connectivity index (χ3n) is 2.34. The first-order chi connectivity index (χ1) is 6.65. The van der Waals surface area contributed by atoms with Gasteiger partial charge in [0.05, 0.1) is 0 Å². The van der Waals surface area contributed by atoms with Crippen LogP contribution in [-0.4, -0.2) is 5.78 Å². The molecular formula is C12H17NO. The zero-order valence-corrected chi connectivity index (χ0v) is 8.79. The van der Waals surface area contributed by atoms with Crippen molar-refractivity contribution in [2.24, 2.45) is 5.92 Å². The van der Waals surface area contributed by atoms with E-state index >= 15 is 0 Å². The Bertz CT molecular complexity index is 320. The quantitative estimate of drug-likeness (QED) is 0.587. The maximum atomic E-state index is 11.8. The standard InChI is InChI=1S/C12H17NO/c1-3-5-9(2)12(14)10-6-4-7-11(13)8-10/h4,6-9H,3,5,13H2,1-2H3. The number of Topliss-reactive ketones (excluding diaryl/α,β-unsaturated/α-hetero) is 1. The Balaban J connectivity index is 2.78. The third-order valence-corrected chi connectivity index (χ3v) is 2.34. The van der Waals surface area contributed by atoms with E-state index in [0.717, 1.165) is 18.4 Å². The van der Waals surface area contributed by atoms with Crippen molar-refractivity contribution in [2.45, 2.75) is 26.7 Å². The van der Waals surface area contributed by atoms with Gasteiger partial charge in [-0.15, -0.1) is 0 Å². The normalized spacial score (nSPS) is 12.4. The molecule has 0 radical (unpaired) electrons. The Morgan fingerprint density at radius 3 is 2.79 bits per heavy atom. The fourth-order valence-electron chi connectivity index (χ4n) is 1.54. The van der Waals surface area contributed by atoms with Crippen LogP contribution >= 0.6 is 0 Å². The minimum Gasteiger partial charge on any atom is -0.399 e. The van der Waals surface area contributed by atoms with Gasteiger partial charge in [-0.2, -0.15) is 0 Å². The van der Waals surface area contributed by atoms with Gasteiger partial charge in [0.1, 0.15) is 0 Å². The SMILES string of the molecule is CCCC(C)C(=O)c1cccc(N)c1. The average molecular weight is 191 g/mol. The van der Waals surface area contributed by atoms with Crippen LogP contribution in [-0.2, 0) is 0 Å². The summed E-state index contributed by atoms with van der Waals surface area (Å²) in [6, 6.07) is 7.18. The zero-order chi connectivity index (χ0) is 10.6. The molecule has 0 amide bonds. The Morgan fingerprint density at radius 1 is 1.50 bits per heavy atom. The van der Waals surface area contributed by atoms with Crippen molar-refractivity contribution in [1.29, 1.82) is 0 Å². The van der Waals surface area contributed by atoms with Gasteiger partial charge < -0.3 is 5.73 Å². The van der Waals surface area contributed by atoms with Crippen LogP contribution in [0.3, 0.4) is 0 Å². The summed E-state index contributed by atoms with van der Waals surface area (Å²) in [5.74, 6) is 0.293. The van der Waals surface area contributed by atoms with E-state index in [1.807, 2.05) is 19.1 Å². The monoisotopic (exact) mass is 191 g/mol. The van der Waals surface area contributed by atoms with Crippen molar-refractivity contribution in [1.82, 2.24) is 0 Å². The molecule has 0 aliphatic carbocycles. The molecule has 1 aromatic rings. The predicted octanol–water partition coefficient (Wildman–Crippen LogP) is 2.89. The highest BCUT2D eigenvalue weighted by molar-refractivity contribution is 5.98. The molecule has 1 rings (SSSR count). The van der Waals surface area contributed by atoms with E-state index in [1.54, 1.807) is 12.1 Å². The van der Waals surface area contributed by atoms with Gasteiger partial charge in [0.25, 0.3) is 0 Å². The van der Waals surface area contributed by atoms with Gasteiger partial charge in [-0.3, -0.25) is 4.79 Å². The molecule has 14 heavy (non-hydrogen) atoms. The lowest BCUT2D eigenvalue weighted by atomic mass is 9.95. The average Bonchev–Trinajstić information content (AvgIpc) is 2.17. The van der Waals surface area contributed by atoms with Crippen molar-refractivity contribution < 1.29 is 4.79 Å². The summed E-state index contributed by atoms with van der Waals surface area (Å²) in [6.07, 6.45) is 1.98. The van der Waals surface area contributed by atoms with Crippen molar-refractivity contribution in [2.75, 3.05) is 5.73 Å². The molecule has 1 atom stereocenters. The zero-order valence-electron chi connectivity index (χ0n) is 8.79. The molecule has 1 aromatic carbocycles. The molecule has 0 aliphatic rings. The van der Waals surface area contributed by atoms with Crippen LogP contribution in [0.5, 0.6) is 0 Å². The van der Waals surface area contributed by atoms with Gasteiger partial charge in [0, 0.05) is 17.2 Å². The fourth-order valence-corrected chi connectivity index (χ4v) is 1.54. The van der Waals surface area contributed by atoms with Crippen molar-refractivity contribution >= 4 is 11.5 Å². The van der Waals surface area contributed by atoms with Gasteiger partial charge in [-0.1, -0.05) is 32.4 Å². The molecular weight excluding hydrogens is 174 g/mol. The summed E-state index contributed by atoms with van der Waals surface area (Å²) < 4.78 is 0. The lowest BCUT2D eigenvalue weighted by molar-refractivity contribution is 0.0923. The second kappa shape index (κ2) is 4.80. The highest BCUT2D eigenvalue weighted by Gasteiger charge is 2.13. The van der Waals surface area contributed by atoms with Crippen LogP contribution in [0, 0.1) is 5.92 Å². The van der Waals surface area contributed by atoms with Crippen molar-refractivity contribution in [3.05, 3.63) is 29.8 Å². The van der Waals surface area contributed by atoms with E-state index in [4.69, 9.17) is 5.73 Å². The van der Waals surface area contributed by atoms with Gasteiger partial charge in [-0.25, -0.2) is 0 Å². The summed E-state index contributed by atoms with van der Waals surface area (Å²) in [6.45, 7) is 4.05. The maximum absolute atomic E-state index is 11.8. The topological polar surface area (TPSA) is 43.1 Å². The van der Waals surface area contributed by atoms with Gasteiger partial charge in [0.2, 0.25) is 0 Å². The van der Waals surface area contributed by atoms with Crippen LogP contribution in [0.25, 0.3) is 0 Å².